The maximum atomic E-state index is 5.46. The molecular weight excluding hydrogens is 160 g/mol. The summed E-state index contributed by atoms with van der Waals surface area (Å²) in [6.45, 7) is 7.48. The monoisotopic (exact) mass is 176 g/mol. The summed E-state index contributed by atoms with van der Waals surface area (Å²) in [6.07, 6.45) is 0.0968. The van der Waals surface area contributed by atoms with Gasteiger partial charge in [0.25, 0.3) is 0 Å². The Balaban J connectivity index is 4.16. The van der Waals surface area contributed by atoms with Crippen LogP contribution < -0.4 is 0 Å². The molecular formula is C7H16O3Si. The molecule has 0 bridgehead atoms. The van der Waals surface area contributed by atoms with Crippen molar-refractivity contribution in [3.63, 3.8) is 0 Å². The zero-order chi connectivity index (χ0) is 8.91. The molecule has 0 spiro atoms. The van der Waals surface area contributed by atoms with Gasteiger partial charge in [-0.3, -0.25) is 0 Å². The fourth-order valence-electron chi connectivity index (χ4n) is 0.723. The first-order chi connectivity index (χ1) is 5.10. The van der Waals surface area contributed by atoms with Crippen LogP contribution in [0.1, 0.15) is 13.8 Å². The third-order valence-electron chi connectivity index (χ3n) is 1.22. The Morgan fingerprint density at radius 1 is 1.27 bits per heavy atom. The van der Waals surface area contributed by atoms with Gasteiger partial charge in [0.1, 0.15) is 0 Å². The molecule has 0 unspecified atom stereocenters. The maximum Gasteiger partial charge on any atom is 0.528 e. The molecule has 0 saturated heterocycles. The Kier molecular flexibility index (Phi) is 4.59. The van der Waals surface area contributed by atoms with Gasteiger partial charge < -0.3 is 13.3 Å². The van der Waals surface area contributed by atoms with Crippen LogP contribution in [0.15, 0.2) is 12.3 Å². The van der Waals surface area contributed by atoms with Gasteiger partial charge in [0, 0.05) is 20.3 Å². The zero-order valence-electron chi connectivity index (χ0n) is 7.59. The summed E-state index contributed by atoms with van der Waals surface area (Å²) >= 11 is 0. The summed E-state index contributed by atoms with van der Waals surface area (Å²) in [5.74, 6) is 0. The quantitative estimate of drug-likeness (QED) is 0.592. The van der Waals surface area contributed by atoms with E-state index in [2.05, 4.69) is 6.58 Å². The fourth-order valence-corrected chi connectivity index (χ4v) is 2.17. The van der Waals surface area contributed by atoms with Crippen molar-refractivity contribution in [1.29, 1.82) is 0 Å². The van der Waals surface area contributed by atoms with E-state index in [0.717, 1.165) is 0 Å². The molecule has 66 valence electrons. The minimum atomic E-state index is -2.52. The van der Waals surface area contributed by atoms with E-state index in [4.69, 9.17) is 13.3 Å². The van der Waals surface area contributed by atoms with E-state index in [1.807, 2.05) is 13.8 Å². The van der Waals surface area contributed by atoms with E-state index < -0.39 is 8.80 Å². The van der Waals surface area contributed by atoms with Gasteiger partial charge in [0.15, 0.2) is 0 Å². The molecule has 0 rings (SSSR count). The van der Waals surface area contributed by atoms with Crippen molar-refractivity contribution in [1.82, 2.24) is 0 Å². The van der Waals surface area contributed by atoms with E-state index in [-0.39, 0.29) is 6.10 Å². The van der Waals surface area contributed by atoms with Gasteiger partial charge in [-0.2, -0.15) is 0 Å². The first-order valence-corrected chi connectivity index (χ1v) is 5.32. The van der Waals surface area contributed by atoms with Crippen LogP contribution in [0.25, 0.3) is 0 Å². The molecule has 0 fully saturated rings. The predicted octanol–water partition coefficient (Wildman–Crippen LogP) is 1.37. The van der Waals surface area contributed by atoms with Crippen molar-refractivity contribution in [3.8, 4) is 0 Å². The largest absolute Gasteiger partial charge is 0.528 e. The lowest BCUT2D eigenvalue weighted by Crippen LogP contribution is -2.43. The zero-order valence-corrected chi connectivity index (χ0v) is 8.59. The van der Waals surface area contributed by atoms with E-state index in [1.54, 1.807) is 19.9 Å². The molecule has 0 aromatic rings. The molecule has 11 heavy (non-hydrogen) atoms. The van der Waals surface area contributed by atoms with Crippen LogP contribution in [0.4, 0.5) is 0 Å². The maximum absolute atomic E-state index is 5.46. The summed E-state index contributed by atoms with van der Waals surface area (Å²) in [6, 6.07) is 0. The van der Waals surface area contributed by atoms with Crippen LogP contribution >= 0.6 is 0 Å². The van der Waals surface area contributed by atoms with Crippen molar-refractivity contribution in [2.45, 2.75) is 20.0 Å². The van der Waals surface area contributed by atoms with Gasteiger partial charge in [-0.05, 0) is 19.5 Å². The highest BCUT2D eigenvalue weighted by Crippen LogP contribution is 2.10. The van der Waals surface area contributed by atoms with E-state index in [1.165, 1.54) is 0 Å². The van der Waals surface area contributed by atoms with E-state index >= 15 is 0 Å². The summed E-state index contributed by atoms with van der Waals surface area (Å²) in [4.78, 5) is 0. The lowest BCUT2D eigenvalue weighted by Gasteiger charge is -2.24. The molecule has 0 heterocycles. The molecule has 0 aliphatic heterocycles. The van der Waals surface area contributed by atoms with Crippen molar-refractivity contribution in [3.05, 3.63) is 12.3 Å². The molecule has 0 amide bonds. The van der Waals surface area contributed by atoms with Gasteiger partial charge in [-0.15, -0.1) is 0 Å². The molecule has 0 saturated carbocycles. The van der Waals surface area contributed by atoms with E-state index in [0.29, 0.717) is 0 Å². The standard InChI is InChI=1S/C7H16O3Si/c1-6-11(8-4,9-5)10-7(2)3/h6-7H,1H2,2-5H3. The van der Waals surface area contributed by atoms with Crippen LogP contribution in [0.3, 0.4) is 0 Å². The highest BCUT2D eigenvalue weighted by molar-refractivity contribution is 6.66. The Morgan fingerprint density at radius 2 is 1.73 bits per heavy atom. The first-order valence-electron chi connectivity index (χ1n) is 3.52. The second kappa shape index (κ2) is 4.66. The molecule has 0 aliphatic rings. The molecule has 0 aromatic heterocycles. The van der Waals surface area contributed by atoms with Crippen molar-refractivity contribution < 1.29 is 13.3 Å². The van der Waals surface area contributed by atoms with Gasteiger partial charge in [0.05, 0.1) is 0 Å². The number of hydrogen-bond donors (Lipinski definition) is 0. The van der Waals surface area contributed by atoms with Crippen molar-refractivity contribution in [2.24, 2.45) is 0 Å². The minimum Gasteiger partial charge on any atom is -0.374 e. The lowest BCUT2D eigenvalue weighted by molar-refractivity contribution is 0.0824. The van der Waals surface area contributed by atoms with Gasteiger partial charge >= 0.3 is 8.80 Å². The third kappa shape index (κ3) is 3.16. The van der Waals surface area contributed by atoms with Crippen LogP contribution in [-0.4, -0.2) is 29.1 Å². The molecule has 0 aromatic carbocycles. The molecule has 3 nitrogen and oxygen atoms in total. The predicted molar refractivity (Wildman–Crippen MR) is 46.2 cm³/mol. The summed E-state index contributed by atoms with van der Waals surface area (Å²) < 4.78 is 15.7. The lowest BCUT2D eigenvalue weighted by atomic mass is 10.5. The van der Waals surface area contributed by atoms with Crippen LogP contribution in [0.5, 0.6) is 0 Å². The van der Waals surface area contributed by atoms with Gasteiger partial charge in [0.2, 0.25) is 0 Å². The van der Waals surface area contributed by atoms with Crippen LogP contribution in [0.2, 0.25) is 0 Å². The Bertz CT molecular complexity index is 121. The van der Waals surface area contributed by atoms with Crippen LogP contribution in [-0.2, 0) is 13.3 Å². The number of hydrogen-bond acceptors (Lipinski definition) is 3. The highest BCUT2D eigenvalue weighted by Gasteiger charge is 2.36. The third-order valence-corrected chi connectivity index (χ3v) is 3.66. The number of rotatable bonds is 5. The topological polar surface area (TPSA) is 27.7 Å². The summed E-state index contributed by atoms with van der Waals surface area (Å²) in [5.41, 5.74) is 1.62. The summed E-state index contributed by atoms with van der Waals surface area (Å²) in [7, 11) is 0.622. The normalized spacial score (nSPS) is 12.1. The average Bonchev–Trinajstić information content (AvgIpc) is 2.00. The molecule has 0 radical (unpaired) electrons. The average molecular weight is 176 g/mol. The second-order valence-electron chi connectivity index (χ2n) is 2.38. The molecule has 0 atom stereocenters. The Morgan fingerprint density at radius 3 is 1.82 bits per heavy atom. The highest BCUT2D eigenvalue weighted by atomic mass is 28.4. The first kappa shape index (κ1) is 10.8. The van der Waals surface area contributed by atoms with E-state index in [9.17, 15) is 0 Å². The fraction of sp³-hybridized carbons (Fsp3) is 0.714. The Hall–Kier alpha value is -0.163. The van der Waals surface area contributed by atoms with Crippen molar-refractivity contribution >= 4 is 8.80 Å². The van der Waals surface area contributed by atoms with Crippen molar-refractivity contribution in [2.75, 3.05) is 14.2 Å². The molecule has 0 aliphatic carbocycles. The van der Waals surface area contributed by atoms with Gasteiger partial charge in [-0.1, -0.05) is 6.58 Å². The van der Waals surface area contributed by atoms with Gasteiger partial charge in [-0.25, -0.2) is 0 Å². The summed E-state index contributed by atoms with van der Waals surface area (Å²) in [5, 5.41) is 0. The molecule has 0 N–H and O–H groups in total. The minimum absolute atomic E-state index is 0.0968. The molecule has 4 heteroatoms. The Labute approximate surface area is 69.3 Å². The SMILES string of the molecule is C=C[Si](OC)(OC)OC(C)C. The van der Waals surface area contributed by atoms with Crippen LogP contribution in [0, 0.1) is 0 Å². The smallest absolute Gasteiger partial charge is 0.374 e. The second-order valence-corrected chi connectivity index (χ2v) is 5.05.